The Bertz CT molecular complexity index is 611. The van der Waals surface area contributed by atoms with E-state index in [0.717, 1.165) is 11.3 Å². The predicted molar refractivity (Wildman–Crippen MR) is 86.7 cm³/mol. The van der Waals surface area contributed by atoms with Gasteiger partial charge in [-0.3, -0.25) is 14.5 Å². The van der Waals surface area contributed by atoms with Crippen molar-refractivity contribution in [3.63, 3.8) is 0 Å². The molecule has 5 nitrogen and oxygen atoms in total. The number of nitrogens with zero attached hydrogens (tertiary/aromatic N) is 1. The lowest BCUT2D eigenvalue weighted by Gasteiger charge is -2.12. The van der Waals surface area contributed by atoms with Crippen molar-refractivity contribution in [1.29, 1.82) is 0 Å². The quantitative estimate of drug-likeness (QED) is 0.661. The molecule has 1 aromatic carbocycles. The fourth-order valence-electron chi connectivity index (χ4n) is 1.77. The molecular formula is C14H14N2O3S2. The number of benzene rings is 1. The molecule has 0 unspecified atom stereocenters. The maximum atomic E-state index is 12.2. The van der Waals surface area contributed by atoms with Crippen molar-refractivity contribution in [2.75, 3.05) is 13.7 Å². The summed E-state index contributed by atoms with van der Waals surface area (Å²) in [7, 11) is 1.60. The zero-order valence-electron chi connectivity index (χ0n) is 11.4. The van der Waals surface area contributed by atoms with Crippen molar-refractivity contribution in [1.82, 2.24) is 4.90 Å². The lowest BCUT2D eigenvalue weighted by molar-refractivity contribution is -0.123. The zero-order valence-corrected chi connectivity index (χ0v) is 13.0. The Morgan fingerprint density at radius 2 is 2.10 bits per heavy atom. The highest BCUT2D eigenvalue weighted by Gasteiger charge is 2.31. The fourth-order valence-corrected chi connectivity index (χ4v) is 3.07. The predicted octanol–water partition coefficient (Wildman–Crippen LogP) is 1.77. The molecule has 2 rings (SSSR count). The number of primary amides is 1. The van der Waals surface area contributed by atoms with E-state index < -0.39 is 5.91 Å². The van der Waals surface area contributed by atoms with Crippen molar-refractivity contribution in [3.8, 4) is 5.75 Å². The minimum atomic E-state index is -0.455. The Kier molecular flexibility index (Phi) is 4.98. The van der Waals surface area contributed by atoms with Crippen molar-refractivity contribution >= 4 is 46.2 Å². The first kappa shape index (κ1) is 15.5. The number of hydrogen-bond donors (Lipinski definition) is 1. The van der Waals surface area contributed by atoms with Gasteiger partial charge in [0.05, 0.1) is 12.0 Å². The van der Waals surface area contributed by atoms with E-state index in [2.05, 4.69) is 0 Å². The van der Waals surface area contributed by atoms with E-state index in [4.69, 9.17) is 22.7 Å². The van der Waals surface area contributed by atoms with E-state index >= 15 is 0 Å². The number of carbonyl (C=O) groups excluding carboxylic acids is 2. The third-order valence-electron chi connectivity index (χ3n) is 2.87. The van der Waals surface area contributed by atoms with Crippen LogP contribution in [0.4, 0.5) is 0 Å². The minimum Gasteiger partial charge on any atom is -0.497 e. The molecule has 1 saturated heterocycles. The van der Waals surface area contributed by atoms with E-state index in [-0.39, 0.29) is 18.9 Å². The highest BCUT2D eigenvalue weighted by molar-refractivity contribution is 8.26. The molecule has 0 radical (unpaired) electrons. The first-order valence-electron chi connectivity index (χ1n) is 6.19. The minimum absolute atomic E-state index is 0.0995. The fraction of sp³-hybridized carbons (Fsp3) is 0.214. The molecule has 0 atom stereocenters. The Morgan fingerprint density at radius 3 is 2.67 bits per heavy atom. The van der Waals surface area contributed by atoms with Gasteiger partial charge in [-0.2, -0.15) is 0 Å². The molecule has 1 aliphatic rings. The summed E-state index contributed by atoms with van der Waals surface area (Å²) in [4.78, 5) is 25.0. The van der Waals surface area contributed by atoms with Crippen LogP contribution in [0.5, 0.6) is 5.75 Å². The number of carbonyl (C=O) groups is 2. The average molecular weight is 322 g/mol. The van der Waals surface area contributed by atoms with Crippen LogP contribution in [0, 0.1) is 0 Å². The summed E-state index contributed by atoms with van der Waals surface area (Å²) >= 11 is 6.38. The molecule has 1 heterocycles. The standard InChI is InChI=1S/C14H14N2O3S2/c1-19-10-4-2-9(3-5-10)8-11-13(18)16(14(20)21-11)7-6-12(15)17/h2-5,8H,6-7H2,1H3,(H2,15,17)/b11-8-. The van der Waals surface area contributed by atoms with Gasteiger partial charge < -0.3 is 10.5 Å². The van der Waals surface area contributed by atoms with E-state index in [1.807, 2.05) is 24.3 Å². The van der Waals surface area contributed by atoms with Gasteiger partial charge in [0, 0.05) is 13.0 Å². The number of amides is 2. The molecule has 0 spiro atoms. The van der Waals surface area contributed by atoms with Crippen LogP contribution in [-0.4, -0.2) is 34.7 Å². The Labute approximate surface area is 132 Å². The van der Waals surface area contributed by atoms with E-state index in [1.165, 1.54) is 16.7 Å². The second kappa shape index (κ2) is 6.73. The van der Waals surface area contributed by atoms with Gasteiger partial charge in [-0.25, -0.2) is 0 Å². The lowest BCUT2D eigenvalue weighted by Crippen LogP contribution is -2.31. The van der Waals surface area contributed by atoms with E-state index in [1.54, 1.807) is 13.2 Å². The van der Waals surface area contributed by atoms with E-state index in [0.29, 0.717) is 9.23 Å². The normalized spacial score (nSPS) is 16.6. The van der Waals surface area contributed by atoms with Gasteiger partial charge in [0.15, 0.2) is 0 Å². The number of methoxy groups -OCH3 is 1. The Balaban J connectivity index is 2.13. The largest absolute Gasteiger partial charge is 0.497 e. The third-order valence-corrected chi connectivity index (χ3v) is 4.25. The summed E-state index contributed by atoms with van der Waals surface area (Å²) in [6, 6.07) is 7.35. The maximum absolute atomic E-state index is 12.2. The van der Waals surface area contributed by atoms with Gasteiger partial charge in [0.25, 0.3) is 5.91 Å². The first-order chi connectivity index (χ1) is 10.0. The number of rotatable bonds is 5. The van der Waals surface area contributed by atoms with Crippen LogP contribution < -0.4 is 10.5 Å². The SMILES string of the molecule is COc1ccc(/C=C2\SC(=S)N(CCC(N)=O)C2=O)cc1. The van der Waals surface area contributed by atoms with Crippen LogP contribution in [-0.2, 0) is 9.59 Å². The molecule has 110 valence electrons. The molecule has 2 N–H and O–H groups in total. The molecule has 1 aliphatic heterocycles. The summed E-state index contributed by atoms with van der Waals surface area (Å²) in [6.45, 7) is 0.222. The summed E-state index contributed by atoms with van der Waals surface area (Å²) < 4.78 is 5.53. The highest BCUT2D eigenvalue weighted by Crippen LogP contribution is 2.32. The van der Waals surface area contributed by atoms with Gasteiger partial charge in [-0.1, -0.05) is 36.1 Å². The molecule has 21 heavy (non-hydrogen) atoms. The summed E-state index contributed by atoms with van der Waals surface area (Å²) in [5.74, 6) is 0.103. The summed E-state index contributed by atoms with van der Waals surface area (Å²) in [5.41, 5.74) is 5.97. The highest BCUT2D eigenvalue weighted by atomic mass is 32.2. The third kappa shape index (κ3) is 3.83. The Morgan fingerprint density at radius 1 is 1.43 bits per heavy atom. The van der Waals surface area contributed by atoms with Crippen LogP contribution in [0.2, 0.25) is 0 Å². The molecule has 0 aliphatic carbocycles. The van der Waals surface area contributed by atoms with Crippen LogP contribution in [0.1, 0.15) is 12.0 Å². The van der Waals surface area contributed by atoms with Crippen LogP contribution in [0.15, 0.2) is 29.2 Å². The molecule has 1 fully saturated rings. The average Bonchev–Trinajstić information content (AvgIpc) is 2.72. The number of nitrogens with two attached hydrogens (primary N) is 1. The van der Waals surface area contributed by atoms with Gasteiger partial charge in [-0.05, 0) is 23.8 Å². The monoisotopic (exact) mass is 322 g/mol. The number of hydrogen-bond acceptors (Lipinski definition) is 5. The second-order valence-electron chi connectivity index (χ2n) is 4.32. The Hall–Kier alpha value is -1.86. The first-order valence-corrected chi connectivity index (χ1v) is 7.41. The molecule has 0 aromatic heterocycles. The topological polar surface area (TPSA) is 72.6 Å². The second-order valence-corrected chi connectivity index (χ2v) is 6.00. The number of thiocarbonyl (C=S) groups is 1. The van der Waals surface area contributed by atoms with E-state index in [9.17, 15) is 9.59 Å². The lowest BCUT2D eigenvalue weighted by atomic mass is 10.2. The molecule has 1 aromatic rings. The summed E-state index contributed by atoms with van der Waals surface area (Å²) in [6.07, 6.45) is 1.87. The molecule has 0 saturated carbocycles. The van der Waals surface area contributed by atoms with Crippen molar-refractivity contribution < 1.29 is 14.3 Å². The zero-order chi connectivity index (χ0) is 15.4. The van der Waals surface area contributed by atoms with Crippen LogP contribution in [0.25, 0.3) is 6.08 Å². The van der Waals surface area contributed by atoms with Crippen LogP contribution >= 0.6 is 24.0 Å². The maximum Gasteiger partial charge on any atom is 0.266 e. The number of thioether (sulfide) groups is 1. The van der Waals surface area contributed by atoms with Gasteiger partial charge in [0.2, 0.25) is 5.91 Å². The van der Waals surface area contributed by atoms with Crippen molar-refractivity contribution in [3.05, 3.63) is 34.7 Å². The van der Waals surface area contributed by atoms with Gasteiger partial charge in [-0.15, -0.1) is 0 Å². The van der Waals surface area contributed by atoms with Gasteiger partial charge >= 0.3 is 0 Å². The van der Waals surface area contributed by atoms with Crippen molar-refractivity contribution in [2.45, 2.75) is 6.42 Å². The smallest absolute Gasteiger partial charge is 0.266 e. The summed E-state index contributed by atoms with van der Waals surface area (Å²) in [5, 5.41) is 0. The molecule has 7 heteroatoms. The van der Waals surface area contributed by atoms with Crippen LogP contribution in [0.3, 0.4) is 0 Å². The molecule has 2 amide bonds. The van der Waals surface area contributed by atoms with Gasteiger partial charge in [0.1, 0.15) is 10.1 Å². The molecular weight excluding hydrogens is 308 g/mol. The van der Waals surface area contributed by atoms with Crippen molar-refractivity contribution in [2.24, 2.45) is 5.73 Å². The molecule has 0 bridgehead atoms. The number of ether oxygens (including phenoxy) is 1.